The molecule has 1 N–H and O–H groups in total. The molecule has 106 valence electrons. The van der Waals surface area contributed by atoms with Crippen LogP contribution in [0, 0.1) is 5.41 Å². The monoisotopic (exact) mass is 303 g/mol. The van der Waals surface area contributed by atoms with E-state index in [1.165, 1.54) is 12.3 Å². The van der Waals surface area contributed by atoms with Gasteiger partial charge in [-0.25, -0.2) is 4.98 Å². The highest BCUT2D eigenvalue weighted by Crippen LogP contribution is 2.19. The predicted octanol–water partition coefficient (Wildman–Crippen LogP) is 2.71. The molecular formula is C13H19Cl2N3O. The van der Waals surface area contributed by atoms with Crippen molar-refractivity contribution in [3.8, 4) is 0 Å². The zero-order chi connectivity index (χ0) is 14.6. The van der Waals surface area contributed by atoms with Crippen molar-refractivity contribution in [3.05, 3.63) is 28.0 Å². The number of hydrogen-bond donors (Lipinski definition) is 1. The summed E-state index contributed by atoms with van der Waals surface area (Å²) in [6, 6.07) is 1.47. The van der Waals surface area contributed by atoms with E-state index >= 15 is 0 Å². The molecule has 0 aliphatic carbocycles. The highest BCUT2D eigenvalue weighted by atomic mass is 35.5. The minimum absolute atomic E-state index is 0.0253. The third-order valence-corrected chi connectivity index (χ3v) is 3.05. The summed E-state index contributed by atoms with van der Waals surface area (Å²) in [4.78, 5) is 18.0. The van der Waals surface area contributed by atoms with E-state index in [-0.39, 0.29) is 16.5 Å². The Morgan fingerprint density at radius 1 is 1.42 bits per heavy atom. The molecule has 1 amide bonds. The molecule has 0 aliphatic rings. The second kappa shape index (κ2) is 6.55. The first-order chi connectivity index (χ1) is 8.71. The lowest BCUT2D eigenvalue weighted by Gasteiger charge is -2.28. The number of amides is 1. The topological polar surface area (TPSA) is 45.2 Å². The van der Waals surface area contributed by atoms with E-state index in [4.69, 9.17) is 23.2 Å². The number of nitrogens with one attached hydrogen (secondary N) is 1. The van der Waals surface area contributed by atoms with Gasteiger partial charge in [0.1, 0.15) is 5.15 Å². The zero-order valence-electron chi connectivity index (χ0n) is 11.6. The Kier molecular flexibility index (Phi) is 5.59. The van der Waals surface area contributed by atoms with E-state index in [0.717, 1.165) is 6.54 Å². The minimum Gasteiger partial charge on any atom is -0.351 e. The molecule has 0 aromatic carbocycles. The van der Waals surface area contributed by atoms with Gasteiger partial charge >= 0.3 is 0 Å². The maximum atomic E-state index is 12.1. The Morgan fingerprint density at radius 2 is 2.05 bits per heavy atom. The summed E-state index contributed by atoms with van der Waals surface area (Å²) in [5.41, 5.74) is 0.324. The molecule has 0 atom stereocenters. The van der Waals surface area contributed by atoms with Gasteiger partial charge in [0.05, 0.1) is 10.6 Å². The van der Waals surface area contributed by atoms with E-state index < -0.39 is 0 Å². The SMILES string of the molecule is CN(C)CC(C)(C)CNC(=O)c1cc(Cl)ncc1Cl. The molecule has 19 heavy (non-hydrogen) atoms. The highest BCUT2D eigenvalue weighted by molar-refractivity contribution is 6.35. The Hall–Kier alpha value is -0.840. The number of rotatable bonds is 5. The molecule has 0 radical (unpaired) electrons. The van der Waals surface area contributed by atoms with Crippen molar-refractivity contribution in [1.82, 2.24) is 15.2 Å². The Balaban J connectivity index is 2.68. The Labute approximate surface area is 124 Å². The van der Waals surface area contributed by atoms with Gasteiger partial charge in [-0.3, -0.25) is 4.79 Å². The van der Waals surface area contributed by atoms with Gasteiger partial charge in [0.25, 0.3) is 5.91 Å². The van der Waals surface area contributed by atoms with Crippen LogP contribution in [0.1, 0.15) is 24.2 Å². The summed E-state index contributed by atoms with van der Waals surface area (Å²) < 4.78 is 0. The maximum Gasteiger partial charge on any atom is 0.252 e. The summed E-state index contributed by atoms with van der Waals surface area (Å²) in [5.74, 6) is -0.235. The van der Waals surface area contributed by atoms with Gasteiger partial charge in [0.2, 0.25) is 0 Å². The number of halogens is 2. The highest BCUT2D eigenvalue weighted by Gasteiger charge is 2.21. The molecule has 1 aromatic heterocycles. The van der Waals surface area contributed by atoms with Crippen LogP contribution >= 0.6 is 23.2 Å². The quantitative estimate of drug-likeness (QED) is 0.851. The lowest BCUT2D eigenvalue weighted by Crippen LogP contribution is -2.40. The van der Waals surface area contributed by atoms with Crippen molar-refractivity contribution in [2.24, 2.45) is 5.41 Å². The molecule has 0 aliphatic heterocycles. The third kappa shape index (κ3) is 5.35. The van der Waals surface area contributed by atoms with Crippen LogP contribution in [0.2, 0.25) is 10.2 Å². The molecule has 1 rings (SSSR count). The van der Waals surface area contributed by atoms with Crippen molar-refractivity contribution in [2.75, 3.05) is 27.2 Å². The largest absolute Gasteiger partial charge is 0.351 e. The fraction of sp³-hybridized carbons (Fsp3) is 0.538. The summed E-state index contributed by atoms with van der Waals surface area (Å²) in [5, 5.41) is 3.43. The molecule has 4 nitrogen and oxygen atoms in total. The lowest BCUT2D eigenvalue weighted by atomic mass is 9.93. The third-order valence-electron chi connectivity index (χ3n) is 2.54. The summed E-state index contributed by atoms with van der Waals surface area (Å²) in [6.07, 6.45) is 1.38. The molecule has 1 aromatic rings. The van der Waals surface area contributed by atoms with Crippen molar-refractivity contribution < 1.29 is 4.79 Å². The molecule has 0 saturated heterocycles. The molecule has 1 heterocycles. The van der Waals surface area contributed by atoms with Gasteiger partial charge in [-0.15, -0.1) is 0 Å². The van der Waals surface area contributed by atoms with Crippen molar-refractivity contribution in [3.63, 3.8) is 0 Å². The maximum absolute atomic E-state index is 12.1. The first kappa shape index (κ1) is 16.2. The predicted molar refractivity (Wildman–Crippen MR) is 78.9 cm³/mol. The van der Waals surface area contributed by atoms with E-state index in [1.807, 2.05) is 14.1 Å². The van der Waals surface area contributed by atoms with Crippen LogP contribution in [0.5, 0.6) is 0 Å². The molecule has 6 heteroatoms. The van der Waals surface area contributed by atoms with Crippen molar-refractivity contribution >= 4 is 29.1 Å². The minimum atomic E-state index is -0.235. The Morgan fingerprint density at radius 3 is 2.63 bits per heavy atom. The van der Waals surface area contributed by atoms with Crippen LogP contribution < -0.4 is 5.32 Å². The van der Waals surface area contributed by atoms with Gasteiger partial charge in [-0.2, -0.15) is 0 Å². The number of aromatic nitrogens is 1. The molecule has 0 fully saturated rings. The van der Waals surface area contributed by atoms with Crippen LogP contribution in [0.4, 0.5) is 0 Å². The first-order valence-corrected chi connectivity index (χ1v) is 6.71. The van der Waals surface area contributed by atoms with E-state index in [1.54, 1.807) is 0 Å². The lowest BCUT2D eigenvalue weighted by molar-refractivity contribution is 0.0929. The normalized spacial score (nSPS) is 11.7. The molecular weight excluding hydrogens is 285 g/mol. The van der Waals surface area contributed by atoms with Crippen molar-refractivity contribution in [2.45, 2.75) is 13.8 Å². The zero-order valence-corrected chi connectivity index (χ0v) is 13.1. The van der Waals surface area contributed by atoms with Crippen LogP contribution in [0.25, 0.3) is 0 Å². The van der Waals surface area contributed by atoms with Gasteiger partial charge in [0.15, 0.2) is 0 Å². The number of carbonyl (C=O) groups is 1. The van der Waals surface area contributed by atoms with Crippen LogP contribution in [-0.4, -0.2) is 43.0 Å². The summed E-state index contributed by atoms with van der Waals surface area (Å²) in [6.45, 7) is 5.61. The van der Waals surface area contributed by atoms with E-state index in [0.29, 0.717) is 17.1 Å². The van der Waals surface area contributed by atoms with E-state index in [2.05, 4.69) is 29.0 Å². The molecule has 0 spiro atoms. The molecule has 0 saturated carbocycles. The van der Waals surface area contributed by atoms with Crippen LogP contribution in [0.3, 0.4) is 0 Å². The second-order valence-corrected chi connectivity index (χ2v) is 6.37. The Bertz CT molecular complexity index is 461. The van der Waals surface area contributed by atoms with E-state index in [9.17, 15) is 4.79 Å². The molecule has 0 unspecified atom stereocenters. The number of carbonyl (C=O) groups excluding carboxylic acids is 1. The van der Waals surface area contributed by atoms with Gasteiger partial charge in [0, 0.05) is 19.3 Å². The standard InChI is InChI=1S/C13H19Cl2N3O/c1-13(2,8-18(3)4)7-17-12(19)9-5-11(15)16-6-10(9)14/h5-6H,7-8H2,1-4H3,(H,17,19). The summed E-state index contributed by atoms with van der Waals surface area (Å²) >= 11 is 11.7. The molecule has 0 bridgehead atoms. The fourth-order valence-electron chi connectivity index (χ4n) is 1.91. The average molecular weight is 304 g/mol. The summed E-state index contributed by atoms with van der Waals surface area (Å²) in [7, 11) is 4.01. The van der Waals surface area contributed by atoms with Gasteiger partial charge in [-0.05, 0) is 25.6 Å². The fourth-order valence-corrected chi connectivity index (χ4v) is 2.26. The second-order valence-electron chi connectivity index (χ2n) is 5.57. The first-order valence-electron chi connectivity index (χ1n) is 5.95. The van der Waals surface area contributed by atoms with Crippen LogP contribution in [0.15, 0.2) is 12.3 Å². The van der Waals surface area contributed by atoms with Gasteiger partial charge < -0.3 is 10.2 Å². The number of hydrogen-bond acceptors (Lipinski definition) is 3. The number of nitrogens with zero attached hydrogens (tertiary/aromatic N) is 2. The van der Waals surface area contributed by atoms with Crippen LogP contribution in [-0.2, 0) is 0 Å². The number of pyridine rings is 1. The van der Waals surface area contributed by atoms with Crippen molar-refractivity contribution in [1.29, 1.82) is 0 Å². The van der Waals surface area contributed by atoms with Gasteiger partial charge in [-0.1, -0.05) is 37.0 Å². The smallest absolute Gasteiger partial charge is 0.252 e. The average Bonchev–Trinajstić information content (AvgIpc) is 2.27.